The lowest BCUT2D eigenvalue weighted by atomic mass is 10.1. The lowest BCUT2D eigenvalue weighted by Gasteiger charge is -2.30. The number of urea groups is 1. The van der Waals surface area contributed by atoms with E-state index in [0.29, 0.717) is 24.7 Å². The van der Waals surface area contributed by atoms with Crippen LogP contribution in [0.5, 0.6) is 11.5 Å². The predicted molar refractivity (Wildman–Crippen MR) is 97.2 cm³/mol. The summed E-state index contributed by atoms with van der Waals surface area (Å²) >= 11 is 0. The molecule has 140 valence electrons. The fourth-order valence-corrected chi connectivity index (χ4v) is 3.34. The molecule has 1 N–H and O–H groups in total. The predicted octanol–water partition coefficient (Wildman–Crippen LogP) is 3.19. The van der Waals surface area contributed by atoms with Crippen molar-refractivity contribution in [3.8, 4) is 11.5 Å². The third-order valence-electron chi connectivity index (χ3n) is 4.61. The van der Waals surface area contributed by atoms with E-state index < -0.39 is 0 Å². The first-order valence-corrected chi connectivity index (χ1v) is 8.86. The smallest absolute Gasteiger partial charge is 0.318 e. The minimum atomic E-state index is -0.0359. The van der Waals surface area contributed by atoms with Gasteiger partial charge in [0.25, 0.3) is 0 Å². The Bertz CT molecular complexity index is 558. The SMILES string of the molecule is COC[C@H](C)NC(=O)N(Cc1ccc(OC)c(OC)c1)C1CCCC1. The summed E-state index contributed by atoms with van der Waals surface area (Å²) in [5.41, 5.74) is 1.03. The Kier molecular flexibility index (Phi) is 7.37. The summed E-state index contributed by atoms with van der Waals surface area (Å²) in [4.78, 5) is 14.7. The van der Waals surface area contributed by atoms with Crippen LogP contribution in [0.2, 0.25) is 0 Å². The van der Waals surface area contributed by atoms with Gasteiger partial charge in [-0.25, -0.2) is 4.79 Å². The topological polar surface area (TPSA) is 60.0 Å². The van der Waals surface area contributed by atoms with Gasteiger partial charge in [-0.3, -0.25) is 0 Å². The van der Waals surface area contributed by atoms with Crippen molar-refractivity contribution in [3.05, 3.63) is 23.8 Å². The van der Waals surface area contributed by atoms with E-state index in [1.165, 1.54) is 12.8 Å². The summed E-state index contributed by atoms with van der Waals surface area (Å²) in [5, 5.41) is 3.04. The first-order valence-electron chi connectivity index (χ1n) is 8.86. The third kappa shape index (κ3) is 5.26. The molecule has 1 aromatic rings. The Hall–Kier alpha value is -1.95. The fourth-order valence-electron chi connectivity index (χ4n) is 3.34. The third-order valence-corrected chi connectivity index (χ3v) is 4.61. The number of benzene rings is 1. The van der Waals surface area contributed by atoms with E-state index in [0.717, 1.165) is 18.4 Å². The van der Waals surface area contributed by atoms with E-state index >= 15 is 0 Å². The van der Waals surface area contributed by atoms with Crippen molar-refractivity contribution >= 4 is 6.03 Å². The summed E-state index contributed by atoms with van der Waals surface area (Å²) in [6.45, 7) is 3.00. The van der Waals surface area contributed by atoms with E-state index in [-0.39, 0.29) is 18.1 Å². The van der Waals surface area contributed by atoms with Gasteiger partial charge in [-0.1, -0.05) is 18.9 Å². The molecule has 1 atom stereocenters. The van der Waals surface area contributed by atoms with Crippen LogP contribution in [-0.4, -0.2) is 51.0 Å². The fraction of sp³-hybridized carbons (Fsp3) is 0.632. The second-order valence-corrected chi connectivity index (χ2v) is 6.56. The van der Waals surface area contributed by atoms with Gasteiger partial charge in [0.2, 0.25) is 0 Å². The molecule has 1 saturated carbocycles. The largest absolute Gasteiger partial charge is 0.493 e. The number of nitrogens with zero attached hydrogens (tertiary/aromatic N) is 1. The van der Waals surface area contributed by atoms with Crippen LogP contribution >= 0.6 is 0 Å². The highest BCUT2D eigenvalue weighted by Gasteiger charge is 2.27. The molecule has 6 nitrogen and oxygen atoms in total. The molecule has 0 radical (unpaired) electrons. The van der Waals surface area contributed by atoms with Crippen LogP contribution in [0.3, 0.4) is 0 Å². The molecule has 0 heterocycles. The molecule has 1 aromatic carbocycles. The summed E-state index contributed by atoms with van der Waals surface area (Å²) in [7, 11) is 4.88. The molecule has 0 saturated heterocycles. The normalized spacial score (nSPS) is 15.7. The van der Waals surface area contributed by atoms with Crippen LogP contribution in [0.4, 0.5) is 4.79 Å². The number of ether oxygens (including phenoxy) is 3. The zero-order valence-electron chi connectivity index (χ0n) is 15.7. The van der Waals surface area contributed by atoms with Gasteiger partial charge in [0.15, 0.2) is 11.5 Å². The van der Waals surface area contributed by atoms with Crippen molar-refractivity contribution < 1.29 is 19.0 Å². The first kappa shape index (κ1) is 19.4. The van der Waals surface area contributed by atoms with Gasteiger partial charge >= 0.3 is 6.03 Å². The summed E-state index contributed by atoms with van der Waals surface area (Å²) in [5.74, 6) is 1.37. The number of hydrogen-bond acceptors (Lipinski definition) is 4. The van der Waals surface area contributed by atoms with Gasteiger partial charge in [0, 0.05) is 19.7 Å². The van der Waals surface area contributed by atoms with E-state index in [2.05, 4.69) is 5.32 Å². The molecule has 0 bridgehead atoms. The number of hydrogen-bond donors (Lipinski definition) is 1. The van der Waals surface area contributed by atoms with Crippen LogP contribution < -0.4 is 14.8 Å². The minimum Gasteiger partial charge on any atom is -0.493 e. The standard InChI is InChI=1S/C19H30N2O4/c1-14(13-23-2)20-19(22)21(16-7-5-6-8-16)12-15-9-10-17(24-3)18(11-15)25-4/h9-11,14,16H,5-8,12-13H2,1-4H3,(H,20,22)/t14-/m0/s1. The summed E-state index contributed by atoms with van der Waals surface area (Å²) in [6.07, 6.45) is 4.46. The van der Waals surface area contributed by atoms with Gasteiger partial charge in [-0.2, -0.15) is 0 Å². The molecule has 0 aromatic heterocycles. The molecular weight excluding hydrogens is 320 g/mol. The van der Waals surface area contributed by atoms with Crippen molar-refractivity contribution in [3.63, 3.8) is 0 Å². The second-order valence-electron chi connectivity index (χ2n) is 6.56. The van der Waals surface area contributed by atoms with Crippen molar-refractivity contribution in [1.82, 2.24) is 10.2 Å². The van der Waals surface area contributed by atoms with Crippen molar-refractivity contribution in [1.29, 1.82) is 0 Å². The summed E-state index contributed by atoms with van der Waals surface area (Å²) in [6, 6.07) is 6.02. The maximum absolute atomic E-state index is 12.8. The molecule has 2 amide bonds. The highest BCUT2D eigenvalue weighted by Crippen LogP contribution is 2.30. The highest BCUT2D eigenvalue weighted by molar-refractivity contribution is 5.75. The maximum atomic E-state index is 12.8. The van der Waals surface area contributed by atoms with Crippen molar-refractivity contribution in [2.24, 2.45) is 0 Å². The van der Waals surface area contributed by atoms with E-state index in [9.17, 15) is 4.79 Å². The Labute approximate surface area is 150 Å². The number of carbonyl (C=O) groups is 1. The van der Waals surface area contributed by atoms with E-state index in [4.69, 9.17) is 14.2 Å². The van der Waals surface area contributed by atoms with Crippen LogP contribution in [0.15, 0.2) is 18.2 Å². The number of carbonyl (C=O) groups excluding carboxylic acids is 1. The number of nitrogens with one attached hydrogen (secondary N) is 1. The molecule has 25 heavy (non-hydrogen) atoms. The molecule has 2 rings (SSSR count). The van der Waals surface area contributed by atoms with Crippen molar-refractivity contribution in [2.45, 2.75) is 51.2 Å². The number of methoxy groups -OCH3 is 3. The molecule has 0 spiro atoms. The molecule has 1 aliphatic carbocycles. The Morgan fingerprint density at radius 1 is 1.20 bits per heavy atom. The van der Waals surface area contributed by atoms with E-state index in [1.54, 1.807) is 21.3 Å². The molecule has 1 fully saturated rings. The molecule has 0 aliphatic heterocycles. The highest BCUT2D eigenvalue weighted by atomic mass is 16.5. The number of amides is 2. The Morgan fingerprint density at radius 2 is 1.88 bits per heavy atom. The van der Waals surface area contributed by atoms with Crippen LogP contribution in [0.25, 0.3) is 0 Å². The Morgan fingerprint density at radius 3 is 2.48 bits per heavy atom. The lowest BCUT2D eigenvalue weighted by molar-refractivity contribution is 0.147. The van der Waals surface area contributed by atoms with Crippen molar-refractivity contribution in [2.75, 3.05) is 27.9 Å². The Balaban J connectivity index is 2.14. The second kappa shape index (κ2) is 9.51. The molecular formula is C19H30N2O4. The monoisotopic (exact) mass is 350 g/mol. The van der Waals surface area contributed by atoms with Gasteiger partial charge < -0.3 is 24.4 Å². The van der Waals surface area contributed by atoms with Gasteiger partial charge in [-0.05, 0) is 37.5 Å². The number of rotatable bonds is 8. The molecule has 1 aliphatic rings. The zero-order valence-corrected chi connectivity index (χ0v) is 15.7. The first-order chi connectivity index (χ1) is 12.1. The van der Waals surface area contributed by atoms with Crippen LogP contribution in [0, 0.1) is 0 Å². The van der Waals surface area contributed by atoms with Crippen LogP contribution in [-0.2, 0) is 11.3 Å². The van der Waals surface area contributed by atoms with Gasteiger partial charge in [0.05, 0.1) is 26.9 Å². The molecule has 0 unspecified atom stereocenters. The van der Waals surface area contributed by atoms with E-state index in [1.807, 2.05) is 30.0 Å². The molecule has 6 heteroatoms. The maximum Gasteiger partial charge on any atom is 0.318 e. The summed E-state index contributed by atoms with van der Waals surface area (Å²) < 4.78 is 15.8. The van der Waals surface area contributed by atoms with Gasteiger partial charge in [-0.15, -0.1) is 0 Å². The van der Waals surface area contributed by atoms with Crippen LogP contribution in [0.1, 0.15) is 38.2 Å². The quantitative estimate of drug-likeness (QED) is 0.782. The minimum absolute atomic E-state index is 0.0215. The lowest BCUT2D eigenvalue weighted by Crippen LogP contribution is -2.48. The zero-order chi connectivity index (χ0) is 18.2. The average molecular weight is 350 g/mol. The van der Waals surface area contributed by atoms with Gasteiger partial charge in [0.1, 0.15) is 0 Å². The average Bonchev–Trinajstić information content (AvgIpc) is 3.13.